The van der Waals surface area contributed by atoms with Crippen LogP contribution in [-0.4, -0.2) is 32.1 Å². The largest absolute Gasteiger partial charge is 0.390 e. The minimum absolute atomic E-state index is 0.124. The van der Waals surface area contributed by atoms with Gasteiger partial charge in [-0.2, -0.15) is 4.68 Å². The Kier molecular flexibility index (Phi) is 4.87. The summed E-state index contributed by atoms with van der Waals surface area (Å²) in [7, 11) is 0. The average molecular weight is 333 g/mol. The van der Waals surface area contributed by atoms with Crippen molar-refractivity contribution in [3.63, 3.8) is 0 Å². The molecule has 0 saturated carbocycles. The number of rotatable bonds is 6. The number of carbonyl (C=O) groups excluding carboxylic acids is 1. The minimum Gasteiger partial charge on any atom is -0.358 e. The lowest BCUT2D eigenvalue weighted by Crippen LogP contribution is -2.28. The van der Waals surface area contributed by atoms with Crippen LogP contribution in [-0.2, 0) is 6.54 Å². The number of nitrogens with zero attached hydrogens (tertiary/aromatic N) is 4. The Balaban J connectivity index is 2.03. The van der Waals surface area contributed by atoms with Gasteiger partial charge in [0, 0.05) is 23.7 Å². The molecule has 0 bridgehead atoms. The highest BCUT2D eigenvalue weighted by molar-refractivity contribution is 5.96. The molecule has 10 heteroatoms. The molecule has 0 radical (unpaired) electrons. The second-order valence-corrected chi connectivity index (χ2v) is 5.09. The average Bonchev–Trinajstić information content (AvgIpc) is 2.88. The highest BCUT2D eigenvalue weighted by Crippen LogP contribution is 2.20. The van der Waals surface area contributed by atoms with Gasteiger partial charge in [0.15, 0.2) is 0 Å². The zero-order valence-electron chi connectivity index (χ0n) is 13.1. The summed E-state index contributed by atoms with van der Waals surface area (Å²) in [5, 5.41) is 28.0. The quantitative estimate of drug-likeness (QED) is 0.632. The van der Waals surface area contributed by atoms with Crippen LogP contribution in [0.4, 0.5) is 11.5 Å². The van der Waals surface area contributed by atoms with Crippen molar-refractivity contribution in [2.45, 2.75) is 20.4 Å². The fourth-order valence-corrected chi connectivity index (χ4v) is 2.25. The molecule has 1 amide bonds. The van der Waals surface area contributed by atoms with Crippen LogP contribution >= 0.6 is 0 Å². The number of amides is 1. The number of hydrogen-bond acceptors (Lipinski definition) is 6. The van der Waals surface area contributed by atoms with Gasteiger partial charge in [0.2, 0.25) is 0 Å². The van der Waals surface area contributed by atoms with E-state index in [1.165, 1.54) is 35.9 Å². The van der Waals surface area contributed by atoms with E-state index < -0.39 is 15.8 Å². The van der Waals surface area contributed by atoms with Gasteiger partial charge in [0.05, 0.1) is 28.3 Å². The molecule has 0 saturated heterocycles. The van der Waals surface area contributed by atoms with Gasteiger partial charge in [0.1, 0.15) is 0 Å². The van der Waals surface area contributed by atoms with E-state index in [0.29, 0.717) is 5.69 Å². The van der Waals surface area contributed by atoms with Crippen LogP contribution in [0.5, 0.6) is 0 Å². The Labute approximate surface area is 136 Å². The molecule has 126 valence electrons. The first-order valence-electron chi connectivity index (χ1n) is 7.02. The van der Waals surface area contributed by atoms with Crippen LogP contribution in [0.15, 0.2) is 24.3 Å². The molecule has 10 nitrogen and oxygen atoms in total. The van der Waals surface area contributed by atoms with E-state index in [4.69, 9.17) is 0 Å². The maximum absolute atomic E-state index is 12.2. The molecule has 2 aromatic rings. The van der Waals surface area contributed by atoms with E-state index in [1.54, 1.807) is 6.92 Å². The number of aryl methyl sites for hydroxylation is 1. The fourth-order valence-electron chi connectivity index (χ4n) is 2.25. The van der Waals surface area contributed by atoms with Crippen molar-refractivity contribution >= 4 is 17.4 Å². The summed E-state index contributed by atoms with van der Waals surface area (Å²) in [6.07, 6.45) is 0. The van der Waals surface area contributed by atoms with E-state index in [1.807, 2.05) is 0 Å². The van der Waals surface area contributed by atoms with Crippen LogP contribution < -0.4 is 5.32 Å². The maximum atomic E-state index is 12.2. The van der Waals surface area contributed by atoms with Gasteiger partial charge in [0.25, 0.3) is 11.6 Å². The van der Waals surface area contributed by atoms with Crippen LogP contribution in [0.2, 0.25) is 0 Å². The fraction of sp³-hybridized carbons (Fsp3) is 0.286. The normalized spacial score (nSPS) is 10.4. The van der Waals surface area contributed by atoms with Gasteiger partial charge >= 0.3 is 5.82 Å². The molecular formula is C14H15N5O5. The van der Waals surface area contributed by atoms with Crippen LogP contribution in [0.25, 0.3) is 0 Å². The SMILES string of the molecule is Cc1c(C(=O)NCCn2nc([N+](=O)[O-])cc2C)cccc1[N+](=O)[O-]. The standard InChI is InChI=1S/C14H15N5O5/c1-9-8-13(19(23)24)16-17(9)7-6-15-14(20)11-4-3-5-12(10(11)2)18(21)22/h3-5,8H,6-7H2,1-2H3,(H,15,20). The molecule has 0 aliphatic rings. The van der Waals surface area contributed by atoms with E-state index in [-0.39, 0.29) is 35.7 Å². The molecule has 0 spiro atoms. The maximum Gasteiger partial charge on any atom is 0.390 e. The summed E-state index contributed by atoms with van der Waals surface area (Å²) in [5.41, 5.74) is 0.974. The number of nitro benzene ring substituents is 1. The first-order chi connectivity index (χ1) is 11.3. The van der Waals surface area contributed by atoms with Crippen LogP contribution in [0.3, 0.4) is 0 Å². The molecule has 0 atom stereocenters. The summed E-state index contributed by atoms with van der Waals surface area (Å²) >= 11 is 0. The molecule has 0 fully saturated rings. The summed E-state index contributed by atoms with van der Waals surface area (Å²) in [6.45, 7) is 3.61. The van der Waals surface area contributed by atoms with Crippen molar-refractivity contribution in [2.75, 3.05) is 6.54 Å². The Bertz CT molecular complexity index is 814. The molecule has 1 N–H and O–H groups in total. The van der Waals surface area contributed by atoms with Crippen molar-refractivity contribution < 1.29 is 14.6 Å². The first-order valence-corrected chi connectivity index (χ1v) is 7.02. The highest BCUT2D eigenvalue weighted by Gasteiger charge is 2.18. The Hall–Kier alpha value is -3.30. The molecule has 1 aromatic heterocycles. The van der Waals surface area contributed by atoms with Crippen molar-refractivity contribution in [1.82, 2.24) is 15.1 Å². The second-order valence-electron chi connectivity index (χ2n) is 5.09. The molecule has 0 aliphatic carbocycles. The van der Waals surface area contributed by atoms with Gasteiger partial charge in [-0.05, 0) is 24.8 Å². The van der Waals surface area contributed by atoms with Gasteiger partial charge in [-0.1, -0.05) is 6.07 Å². The molecular weight excluding hydrogens is 318 g/mol. The van der Waals surface area contributed by atoms with Crippen LogP contribution in [0.1, 0.15) is 21.6 Å². The van der Waals surface area contributed by atoms with E-state index >= 15 is 0 Å². The topological polar surface area (TPSA) is 133 Å². The lowest BCUT2D eigenvalue weighted by Gasteiger charge is -2.07. The predicted molar refractivity (Wildman–Crippen MR) is 83.8 cm³/mol. The zero-order valence-corrected chi connectivity index (χ0v) is 13.1. The van der Waals surface area contributed by atoms with E-state index in [0.717, 1.165) is 0 Å². The number of aromatic nitrogens is 2. The number of nitrogens with one attached hydrogen (secondary N) is 1. The van der Waals surface area contributed by atoms with E-state index in [9.17, 15) is 25.0 Å². The highest BCUT2D eigenvalue weighted by atomic mass is 16.6. The predicted octanol–water partition coefficient (Wildman–Crippen LogP) is 1.75. The van der Waals surface area contributed by atoms with Gasteiger partial charge < -0.3 is 15.4 Å². The monoisotopic (exact) mass is 333 g/mol. The summed E-state index contributed by atoms with van der Waals surface area (Å²) in [4.78, 5) is 32.6. The molecule has 1 heterocycles. The van der Waals surface area contributed by atoms with Crippen molar-refractivity contribution in [2.24, 2.45) is 0 Å². The number of hydrogen-bond donors (Lipinski definition) is 1. The Morgan fingerprint density at radius 1 is 1.25 bits per heavy atom. The van der Waals surface area contributed by atoms with Crippen molar-refractivity contribution in [3.05, 3.63) is 61.3 Å². The van der Waals surface area contributed by atoms with Crippen molar-refractivity contribution in [3.8, 4) is 0 Å². The summed E-state index contributed by atoms with van der Waals surface area (Å²) in [6, 6.07) is 5.62. The minimum atomic E-state index is -0.589. The van der Waals surface area contributed by atoms with Gasteiger partial charge in [-0.3, -0.25) is 14.9 Å². The van der Waals surface area contributed by atoms with E-state index in [2.05, 4.69) is 10.4 Å². The Morgan fingerprint density at radius 3 is 2.54 bits per heavy atom. The lowest BCUT2D eigenvalue weighted by molar-refractivity contribution is -0.389. The molecule has 1 aromatic carbocycles. The zero-order chi connectivity index (χ0) is 17.9. The summed E-state index contributed by atoms with van der Waals surface area (Å²) < 4.78 is 1.42. The van der Waals surface area contributed by atoms with Gasteiger partial charge in [-0.15, -0.1) is 0 Å². The Morgan fingerprint density at radius 2 is 1.96 bits per heavy atom. The molecule has 0 aliphatic heterocycles. The number of nitro groups is 2. The molecule has 24 heavy (non-hydrogen) atoms. The van der Waals surface area contributed by atoms with Crippen molar-refractivity contribution in [1.29, 1.82) is 0 Å². The number of carbonyl (C=O) groups is 1. The first kappa shape index (κ1) is 17.1. The lowest BCUT2D eigenvalue weighted by atomic mass is 10.1. The molecule has 0 unspecified atom stereocenters. The third-order valence-corrected chi connectivity index (χ3v) is 3.51. The number of benzene rings is 1. The smallest absolute Gasteiger partial charge is 0.358 e. The third kappa shape index (κ3) is 3.54. The van der Waals surface area contributed by atoms with Gasteiger partial charge in [-0.25, -0.2) is 0 Å². The third-order valence-electron chi connectivity index (χ3n) is 3.51. The summed E-state index contributed by atoms with van der Waals surface area (Å²) in [5.74, 6) is -0.705. The molecule has 2 rings (SSSR count). The second kappa shape index (κ2) is 6.86. The van der Waals surface area contributed by atoms with Crippen LogP contribution in [0, 0.1) is 34.1 Å².